The minimum absolute atomic E-state index is 0.0430. The summed E-state index contributed by atoms with van der Waals surface area (Å²) in [5.74, 6) is -1.11. The number of carbonyl (C=O) groups is 1. The molecule has 0 spiro atoms. The first kappa shape index (κ1) is 39.6. The summed E-state index contributed by atoms with van der Waals surface area (Å²) < 4.78 is 68.2. The summed E-state index contributed by atoms with van der Waals surface area (Å²) >= 11 is 0. The molecule has 2 aromatic heterocycles. The molecule has 0 aliphatic carbocycles. The highest BCUT2D eigenvalue weighted by atomic mass is 32.2. The van der Waals surface area contributed by atoms with Crippen LogP contribution in [0.1, 0.15) is 63.1 Å². The molecule has 5 aromatic rings. The maximum absolute atomic E-state index is 15.4. The first-order valence-electron chi connectivity index (χ1n) is 19.2. The minimum atomic E-state index is -3.81. The van der Waals surface area contributed by atoms with E-state index in [2.05, 4.69) is 10.1 Å². The predicted octanol–water partition coefficient (Wildman–Crippen LogP) is 7.34. The molecule has 0 bridgehead atoms. The Balaban J connectivity index is 0.948. The fourth-order valence-corrected chi connectivity index (χ4v) is 8.39. The Morgan fingerprint density at radius 2 is 1.66 bits per heavy atom. The summed E-state index contributed by atoms with van der Waals surface area (Å²) in [6.45, 7) is 9.56. The van der Waals surface area contributed by atoms with Crippen LogP contribution in [0, 0.1) is 24.0 Å². The number of aromatic nitrogens is 4. The van der Waals surface area contributed by atoms with Crippen LogP contribution in [0.3, 0.4) is 0 Å². The van der Waals surface area contributed by atoms with E-state index in [1.807, 2.05) is 47.5 Å². The summed E-state index contributed by atoms with van der Waals surface area (Å²) in [7, 11) is -3.81. The lowest BCUT2D eigenvalue weighted by atomic mass is 9.85. The lowest BCUT2D eigenvalue weighted by molar-refractivity contribution is -0.142. The van der Waals surface area contributed by atoms with Crippen LogP contribution in [0.15, 0.2) is 78.1 Å². The molecule has 4 heterocycles. The van der Waals surface area contributed by atoms with Crippen LogP contribution in [0.4, 0.5) is 8.78 Å². The number of amides is 1. The molecule has 0 N–H and O–H groups in total. The molecule has 7 rings (SSSR count). The maximum atomic E-state index is 15.4. The molecule has 0 radical (unpaired) electrons. The van der Waals surface area contributed by atoms with Crippen molar-refractivity contribution in [1.82, 2.24) is 29.5 Å². The van der Waals surface area contributed by atoms with Gasteiger partial charge in [-0.25, -0.2) is 13.8 Å². The number of halogens is 2. The lowest BCUT2D eigenvalue weighted by Gasteiger charge is -2.37. The summed E-state index contributed by atoms with van der Waals surface area (Å²) in [6, 6.07) is 14.8. The van der Waals surface area contributed by atoms with E-state index in [-0.39, 0.29) is 35.6 Å². The Hall–Kier alpha value is -4.63. The van der Waals surface area contributed by atoms with E-state index in [1.54, 1.807) is 48.8 Å². The van der Waals surface area contributed by atoms with Crippen molar-refractivity contribution in [2.75, 3.05) is 46.0 Å². The monoisotopic (exact) mass is 786 g/mol. The van der Waals surface area contributed by atoms with Crippen LogP contribution in [0.5, 0.6) is 0 Å². The number of piperidine rings is 1. The Kier molecular flexibility index (Phi) is 11.9. The number of carbonyl (C=O) groups excluding carboxylic acids is 1. The molecule has 3 aromatic carbocycles. The first-order chi connectivity index (χ1) is 26.9. The number of aryl methyl sites for hydroxylation is 1. The Labute approximate surface area is 326 Å². The van der Waals surface area contributed by atoms with Crippen LogP contribution in [0.2, 0.25) is 0 Å². The van der Waals surface area contributed by atoms with Gasteiger partial charge >= 0.3 is 0 Å². The molecule has 0 unspecified atom stereocenters. The molecule has 14 heteroatoms. The molecule has 296 valence electrons. The first-order valence-corrected chi connectivity index (χ1v) is 20.6. The fourth-order valence-electron chi connectivity index (χ4n) is 7.45. The maximum Gasteiger partial charge on any atom is 0.296 e. The van der Waals surface area contributed by atoms with Gasteiger partial charge in [0.1, 0.15) is 11.6 Å². The standard InChI is InChI=1S/C42H48F2N6O5S/c1-29-9-11-33(12-10-29)56(52,53)55-20-5-4-15-42(2,3)41(51)49-16-13-32(14-17-49)50-27-31(25-46-50)39-26-45-38-8-6-7-34(40(38)47-39)30-23-36(43)35(37(44)24-30)28-48-18-21-54-22-19-48/h6-12,23-27,32H,4-5,13-22,28H2,1-3H3. The molecular weight excluding hydrogens is 739 g/mol. The van der Waals surface area contributed by atoms with Crippen molar-refractivity contribution in [1.29, 1.82) is 0 Å². The molecule has 2 fully saturated rings. The summed E-state index contributed by atoms with van der Waals surface area (Å²) in [6.07, 6.45) is 8.62. The zero-order chi connectivity index (χ0) is 39.5. The normalized spacial score (nSPS) is 16.1. The lowest BCUT2D eigenvalue weighted by Crippen LogP contribution is -2.45. The van der Waals surface area contributed by atoms with Gasteiger partial charge in [0.2, 0.25) is 5.91 Å². The topological polar surface area (TPSA) is 120 Å². The van der Waals surface area contributed by atoms with Gasteiger partial charge in [-0.05, 0) is 68.5 Å². The molecule has 2 aliphatic rings. The number of para-hydroxylation sites is 1. The number of hydrogen-bond donors (Lipinski definition) is 0. The van der Waals surface area contributed by atoms with Gasteiger partial charge in [-0.3, -0.25) is 23.5 Å². The van der Waals surface area contributed by atoms with Gasteiger partial charge in [0.05, 0.1) is 59.9 Å². The molecule has 0 atom stereocenters. The molecule has 11 nitrogen and oxygen atoms in total. The van der Waals surface area contributed by atoms with Crippen molar-refractivity contribution in [3.05, 3.63) is 95.9 Å². The van der Waals surface area contributed by atoms with Gasteiger partial charge in [0, 0.05) is 61.0 Å². The average Bonchev–Trinajstić information content (AvgIpc) is 3.69. The second-order valence-electron chi connectivity index (χ2n) is 15.4. The Bertz CT molecular complexity index is 2260. The number of benzene rings is 3. The van der Waals surface area contributed by atoms with E-state index in [0.29, 0.717) is 86.5 Å². The van der Waals surface area contributed by atoms with E-state index in [1.165, 1.54) is 12.1 Å². The molecule has 2 aliphatic heterocycles. The third kappa shape index (κ3) is 8.99. The van der Waals surface area contributed by atoms with Gasteiger partial charge in [-0.2, -0.15) is 13.5 Å². The quantitative estimate of drug-likeness (QED) is 0.0892. The molecule has 56 heavy (non-hydrogen) atoms. The van der Waals surface area contributed by atoms with Gasteiger partial charge in [-0.15, -0.1) is 0 Å². The van der Waals surface area contributed by atoms with Crippen molar-refractivity contribution in [2.24, 2.45) is 5.41 Å². The number of morpholine rings is 1. The van der Waals surface area contributed by atoms with Crippen LogP contribution >= 0.6 is 0 Å². The third-order valence-electron chi connectivity index (χ3n) is 10.9. The second-order valence-corrected chi connectivity index (χ2v) is 17.0. The van der Waals surface area contributed by atoms with Crippen molar-refractivity contribution < 1.29 is 30.9 Å². The Morgan fingerprint density at radius 1 is 0.946 bits per heavy atom. The van der Waals surface area contributed by atoms with Crippen LogP contribution in [-0.2, 0) is 30.4 Å². The van der Waals surface area contributed by atoms with E-state index in [4.69, 9.17) is 13.9 Å². The number of ether oxygens (including phenoxy) is 1. The molecule has 1 amide bonds. The summed E-state index contributed by atoms with van der Waals surface area (Å²) in [5, 5.41) is 4.65. The van der Waals surface area contributed by atoms with Gasteiger partial charge in [-0.1, -0.05) is 50.1 Å². The van der Waals surface area contributed by atoms with E-state index < -0.39 is 27.2 Å². The molecule has 0 saturated carbocycles. The zero-order valence-corrected chi connectivity index (χ0v) is 32.9. The molecular formula is C42H48F2N6O5S. The molecule has 2 saturated heterocycles. The Morgan fingerprint density at radius 3 is 2.38 bits per heavy atom. The SMILES string of the molecule is Cc1ccc(S(=O)(=O)OCCCCC(C)(C)C(=O)N2CCC(n3cc(-c4cnc5cccc(-c6cc(F)c(CN7CCOCC7)c(F)c6)c5n4)cn3)CC2)cc1. The van der Waals surface area contributed by atoms with Crippen LogP contribution < -0.4 is 0 Å². The van der Waals surface area contributed by atoms with Crippen LogP contribution in [0.25, 0.3) is 33.4 Å². The largest absolute Gasteiger partial charge is 0.379 e. The van der Waals surface area contributed by atoms with Crippen molar-refractivity contribution in [3.63, 3.8) is 0 Å². The van der Waals surface area contributed by atoms with E-state index in [0.717, 1.165) is 24.0 Å². The van der Waals surface area contributed by atoms with Crippen molar-refractivity contribution in [2.45, 2.75) is 70.4 Å². The third-order valence-corrected chi connectivity index (χ3v) is 12.2. The number of unbranched alkanes of at least 4 members (excludes halogenated alkanes) is 1. The highest BCUT2D eigenvalue weighted by Gasteiger charge is 2.34. The van der Waals surface area contributed by atoms with Gasteiger partial charge in [0.25, 0.3) is 10.1 Å². The zero-order valence-electron chi connectivity index (χ0n) is 32.1. The number of hydrogen-bond acceptors (Lipinski definition) is 9. The van der Waals surface area contributed by atoms with Gasteiger partial charge in [0.15, 0.2) is 0 Å². The highest BCUT2D eigenvalue weighted by Crippen LogP contribution is 2.33. The average molecular weight is 787 g/mol. The fraction of sp³-hybridized carbons (Fsp3) is 0.429. The van der Waals surface area contributed by atoms with Crippen molar-refractivity contribution in [3.8, 4) is 22.4 Å². The van der Waals surface area contributed by atoms with Gasteiger partial charge < -0.3 is 9.64 Å². The van der Waals surface area contributed by atoms with E-state index in [9.17, 15) is 13.2 Å². The van der Waals surface area contributed by atoms with E-state index >= 15 is 8.78 Å². The number of rotatable bonds is 13. The summed E-state index contributed by atoms with van der Waals surface area (Å²) in [5.41, 5.74) is 3.89. The highest BCUT2D eigenvalue weighted by molar-refractivity contribution is 7.86. The smallest absolute Gasteiger partial charge is 0.296 e. The number of likely N-dealkylation sites (tertiary alicyclic amines) is 1. The minimum Gasteiger partial charge on any atom is -0.379 e. The van der Waals surface area contributed by atoms with Crippen molar-refractivity contribution >= 4 is 27.1 Å². The second kappa shape index (κ2) is 16.8. The number of nitrogens with zero attached hydrogens (tertiary/aromatic N) is 6. The van der Waals surface area contributed by atoms with Crippen LogP contribution in [-0.4, -0.2) is 89.9 Å². The predicted molar refractivity (Wildman–Crippen MR) is 209 cm³/mol. The number of fused-ring (bicyclic) bond motifs is 1. The summed E-state index contributed by atoms with van der Waals surface area (Å²) in [4.78, 5) is 27.2.